The molecule has 2 bridgehead atoms. The van der Waals surface area contributed by atoms with Gasteiger partial charge in [0, 0.05) is 12.4 Å². The van der Waals surface area contributed by atoms with E-state index >= 15 is 0 Å². The number of piperidine rings is 1. The number of hydrogen-bond donors (Lipinski definition) is 0. The van der Waals surface area contributed by atoms with Gasteiger partial charge in [-0.3, -0.25) is 0 Å². The highest BCUT2D eigenvalue weighted by molar-refractivity contribution is 6.18. The lowest BCUT2D eigenvalue weighted by Gasteiger charge is -2.20. The summed E-state index contributed by atoms with van der Waals surface area (Å²) in [6.45, 7) is 3.87. The molecule has 1 nitrogen and oxygen atoms in total. The molecule has 0 radical (unpaired) electrons. The van der Waals surface area contributed by atoms with E-state index in [4.69, 9.17) is 11.6 Å². The molecule has 0 unspecified atom stereocenters. The molecular weight excluding hydrogens is 134 g/mol. The summed E-state index contributed by atoms with van der Waals surface area (Å²) in [6.07, 6.45) is 2.69. The molecule has 0 spiro atoms. The largest absolute Gasteiger partial charge is 0.303 e. The van der Waals surface area contributed by atoms with E-state index in [1.165, 1.54) is 32.5 Å². The molecule has 0 saturated carbocycles. The number of alkyl halides is 1. The van der Waals surface area contributed by atoms with Crippen LogP contribution in [0.25, 0.3) is 0 Å². The van der Waals surface area contributed by atoms with Gasteiger partial charge in [0.05, 0.1) is 0 Å². The molecule has 2 rings (SSSR count). The van der Waals surface area contributed by atoms with E-state index in [0.29, 0.717) is 5.41 Å². The summed E-state index contributed by atoms with van der Waals surface area (Å²) in [5.41, 5.74) is 0.543. The third-order valence-corrected chi connectivity index (χ3v) is 3.33. The molecule has 2 heteroatoms. The van der Waals surface area contributed by atoms with Gasteiger partial charge in [0.15, 0.2) is 0 Å². The Morgan fingerprint density at radius 3 is 2.22 bits per heavy atom. The van der Waals surface area contributed by atoms with Crippen molar-refractivity contribution >= 4 is 11.6 Å². The predicted octanol–water partition coefficient (Wildman–Crippen LogP) is 1.32. The Kier molecular flexibility index (Phi) is 1.24. The molecule has 0 aromatic heterocycles. The van der Waals surface area contributed by atoms with E-state index in [-0.39, 0.29) is 0 Å². The maximum atomic E-state index is 5.86. The Bertz CT molecular complexity index is 116. The lowest BCUT2D eigenvalue weighted by Crippen LogP contribution is -2.20. The van der Waals surface area contributed by atoms with Gasteiger partial charge in [-0.25, -0.2) is 0 Å². The molecule has 2 fully saturated rings. The van der Waals surface area contributed by atoms with Gasteiger partial charge in [-0.2, -0.15) is 0 Å². The minimum absolute atomic E-state index is 0.543. The van der Waals surface area contributed by atoms with Crippen molar-refractivity contribution in [2.24, 2.45) is 5.41 Å². The Morgan fingerprint density at radius 1 is 1.33 bits per heavy atom. The van der Waals surface area contributed by atoms with Gasteiger partial charge in [-0.1, -0.05) is 0 Å². The van der Waals surface area contributed by atoms with Crippen LogP contribution in [-0.4, -0.2) is 30.4 Å². The molecule has 0 amide bonds. The first kappa shape index (κ1) is 5.99. The van der Waals surface area contributed by atoms with Crippen LogP contribution in [0.1, 0.15) is 12.8 Å². The maximum absolute atomic E-state index is 5.86. The first-order valence-corrected chi connectivity index (χ1v) is 4.16. The van der Waals surface area contributed by atoms with Crippen LogP contribution < -0.4 is 0 Å². The van der Waals surface area contributed by atoms with E-state index < -0.39 is 0 Å². The quantitative estimate of drug-likeness (QED) is 0.503. The second-order valence-electron chi connectivity index (χ2n) is 3.41. The fraction of sp³-hybridized carbons (Fsp3) is 1.00. The Labute approximate surface area is 61.0 Å². The van der Waals surface area contributed by atoms with Gasteiger partial charge in [-0.05, 0) is 31.3 Å². The Hall–Kier alpha value is 0.250. The van der Waals surface area contributed by atoms with Crippen molar-refractivity contribution in [3.05, 3.63) is 0 Å². The summed E-state index contributed by atoms with van der Waals surface area (Å²) in [5.74, 6) is 0.878. The maximum Gasteiger partial charge on any atom is 0.0293 e. The van der Waals surface area contributed by atoms with Crippen molar-refractivity contribution in [3.8, 4) is 0 Å². The van der Waals surface area contributed by atoms with Gasteiger partial charge < -0.3 is 4.90 Å². The molecule has 0 aromatic carbocycles. The van der Waals surface area contributed by atoms with Crippen molar-refractivity contribution in [3.63, 3.8) is 0 Å². The zero-order valence-corrected chi connectivity index (χ0v) is 6.32. The number of nitrogens with zero attached hydrogens (tertiary/aromatic N) is 1. The van der Waals surface area contributed by atoms with Crippen LogP contribution in [-0.2, 0) is 0 Å². The summed E-state index contributed by atoms with van der Waals surface area (Å²) in [7, 11) is 0. The SMILES string of the molecule is ClCC12CCN(CC1)C2. The first-order chi connectivity index (χ1) is 4.35. The van der Waals surface area contributed by atoms with Crippen molar-refractivity contribution in [1.29, 1.82) is 0 Å². The van der Waals surface area contributed by atoms with Crippen molar-refractivity contribution in [2.75, 3.05) is 25.5 Å². The van der Waals surface area contributed by atoms with Gasteiger partial charge in [0.2, 0.25) is 0 Å². The number of rotatable bonds is 1. The lowest BCUT2D eigenvalue weighted by molar-refractivity contribution is 0.346. The van der Waals surface area contributed by atoms with Crippen LogP contribution >= 0.6 is 11.6 Å². The summed E-state index contributed by atoms with van der Waals surface area (Å²) < 4.78 is 0. The minimum atomic E-state index is 0.543. The smallest absolute Gasteiger partial charge is 0.0293 e. The Balaban J connectivity index is 2.13. The Morgan fingerprint density at radius 2 is 2.00 bits per heavy atom. The van der Waals surface area contributed by atoms with E-state index in [2.05, 4.69) is 4.90 Å². The molecule has 2 aliphatic rings. The van der Waals surface area contributed by atoms with Gasteiger partial charge in [0.25, 0.3) is 0 Å². The molecule has 2 aliphatic heterocycles. The summed E-state index contributed by atoms with van der Waals surface area (Å²) in [6, 6.07) is 0. The third kappa shape index (κ3) is 0.786. The highest BCUT2D eigenvalue weighted by Crippen LogP contribution is 2.40. The fourth-order valence-corrected chi connectivity index (χ4v) is 2.35. The molecule has 9 heavy (non-hydrogen) atoms. The summed E-state index contributed by atoms with van der Waals surface area (Å²) >= 11 is 5.86. The molecule has 0 N–H and O–H groups in total. The number of hydrogen-bond acceptors (Lipinski definition) is 1. The van der Waals surface area contributed by atoms with Crippen LogP contribution in [0.5, 0.6) is 0 Å². The highest BCUT2D eigenvalue weighted by Gasteiger charge is 2.42. The molecular formula is C7H12ClN. The van der Waals surface area contributed by atoms with Crippen molar-refractivity contribution in [1.82, 2.24) is 4.90 Å². The minimum Gasteiger partial charge on any atom is -0.303 e. The average molecular weight is 146 g/mol. The van der Waals surface area contributed by atoms with Gasteiger partial charge >= 0.3 is 0 Å². The van der Waals surface area contributed by atoms with E-state index in [9.17, 15) is 0 Å². The molecule has 0 atom stereocenters. The number of fused-ring (bicyclic) bond motifs is 2. The second kappa shape index (κ2) is 1.86. The highest BCUT2D eigenvalue weighted by atomic mass is 35.5. The monoisotopic (exact) mass is 145 g/mol. The predicted molar refractivity (Wildman–Crippen MR) is 38.8 cm³/mol. The van der Waals surface area contributed by atoms with Crippen LogP contribution in [0.3, 0.4) is 0 Å². The van der Waals surface area contributed by atoms with Gasteiger partial charge in [0.1, 0.15) is 0 Å². The van der Waals surface area contributed by atoms with Crippen LogP contribution in [0.4, 0.5) is 0 Å². The normalized spacial score (nSPS) is 48.3. The zero-order chi connectivity index (χ0) is 6.32. The molecule has 2 heterocycles. The molecule has 0 aromatic rings. The fourth-order valence-electron chi connectivity index (χ4n) is 1.99. The second-order valence-corrected chi connectivity index (χ2v) is 3.68. The van der Waals surface area contributed by atoms with Crippen LogP contribution in [0.15, 0.2) is 0 Å². The zero-order valence-electron chi connectivity index (χ0n) is 5.57. The first-order valence-electron chi connectivity index (χ1n) is 3.63. The third-order valence-electron chi connectivity index (χ3n) is 2.76. The molecule has 2 saturated heterocycles. The number of halogens is 1. The summed E-state index contributed by atoms with van der Waals surface area (Å²) in [4.78, 5) is 2.52. The standard InChI is InChI=1S/C7H12ClN/c8-5-7-1-3-9(6-7)4-2-7/h1-6H2. The van der Waals surface area contributed by atoms with E-state index in [1.54, 1.807) is 0 Å². The topological polar surface area (TPSA) is 3.24 Å². The van der Waals surface area contributed by atoms with E-state index in [1.807, 2.05) is 0 Å². The summed E-state index contributed by atoms with van der Waals surface area (Å²) in [5, 5.41) is 0. The van der Waals surface area contributed by atoms with Crippen LogP contribution in [0.2, 0.25) is 0 Å². The average Bonchev–Trinajstić information content (AvgIpc) is 2.46. The van der Waals surface area contributed by atoms with Gasteiger partial charge in [-0.15, -0.1) is 11.6 Å². The van der Waals surface area contributed by atoms with Crippen molar-refractivity contribution < 1.29 is 0 Å². The van der Waals surface area contributed by atoms with E-state index in [0.717, 1.165) is 5.88 Å². The van der Waals surface area contributed by atoms with Crippen molar-refractivity contribution in [2.45, 2.75) is 12.8 Å². The van der Waals surface area contributed by atoms with Crippen LogP contribution in [0, 0.1) is 5.41 Å². The lowest BCUT2D eigenvalue weighted by atomic mass is 9.87. The molecule has 52 valence electrons. The molecule has 0 aliphatic carbocycles.